The van der Waals surface area contributed by atoms with Crippen molar-refractivity contribution in [2.24, 2.45) is 5.10 Å². The standard InChI is InChI=1S/C20H23N3O3/c1-4-26-19(24)17-6-5-7-18(12-17)22-20(25)23-21-13-15-8-10-16(11-9-15)14(2)3/h5-14H,4H2,1-3H3,(H2,22,23,25)/b21-13+. The van der Waals surface area contributed by atoms with Gasteiger partial charge in [-0.2, -0.15) is 5.10 Å². The molecule has 0 saturated heterocycles. The van der Waals surface area contributed by atoms with E-state index in [9.17, 15) is 9.59 Å². The molecule has 0 radical (unpaired) electrons. The molecule has 0 atom stereocenters. The average Bonchev–Trinajstić information content (AvgIpc) is 2.62. The number of carbonyl (C=O) groups excluding carboxylic acids is 2. The maximum absolute atomic E-state index is 11.9. The van der Waals surface area contributed by atoms with Crippen LogP contribution in [0.25, 0.3) is 0 Å². The van der Waals surface area contributed by atoms with Crippen LogP contribution in [-0.2, 0) is 4.74 Å². The third kappa shape index (κ3) is 5.73. The van der Waals surface area contributed by atoms with Crippen LogP contribution in [0.2, 0.25) is 0 Å². The zero-order valence-corrected chi connectivity index (χ0v) is 15.2. The summed E-state index contributed by atoms with van der Waals surface area (Å²) in [6.07, 6.45) is 1.57. The van der Waals surface area contributed by atoms with E-state index in [1.807, 2.05) is 24.3 Å². The molecular formula is C20H23N3O3. The Morgan fingerprint density at radius 3 is 2.54 bits per heavy atom. The lowest BCUT2D eigenvalue weighted by atomic mass is 10.0. The van der Waals surface area contributed by atoms with Gasteiger partial charge in [-0.25, -0.2) is 15.0 Å². The molecule has 0 heterocycles. The highest BCUT2D eigenvalue weighted by Crippen LogP contribution is 2.14. The van der Waals surface area contributed by atoms with Crippen molar-refractivity contribution in [1.29, 1.82) is 0 Å². The van der Waals surface area contributed by atoms with Gasteiger partial charge in [0.25, 0.3) is 0 Å². The Hall–Kier alpha value is -3.15. The van der Waals surface area contributed by atoms with E-state index in [4.69, 9.17) is 4.74 Å². The molecule has 0 aliphatic carbocycles. The Morgan fingerprint density at radius 2 is 1.88 bits per heavy atom. The summed E-state index contributed by atoms with van der Waals surface area (Å²) in [5.74, 6) is 0.0367. The second kappa shape index (κ2) is 9.36. The Kier molecular flexibility index (Phi) is 6.91. The van der Waals surface area contributed by atoms with Crippen LogP contribution in [0, 0.1) is 0 Å². The normalized spacial score (nSPS) is 10.8. The smallest absolute Gasteiger partial charge is 0.339 e. The minimum absolute atomic E-state index is 0.295. The molecule has 0 aliphatic heterocycles. The van der Waals surface area contributed by atoms with Crippen molar-refractivity contribution in [1.82, 2.24) is 5.43 Å². The highest BCUT2D eigenvalue weighted by Gasteiger charge is 2.08. The first-order chi connectivity index (χ1) is 12.5. The molecule has 0 saturated carbocycles. The summed E-state index contributed by atoms with van der Waals surface area (Å²) in [5.41, 5.74) is 5.38. The van der Waals surface area contributed by atoms with E-state index >= 15 is 0 Å². The molecule has 26 heavy (non-hydrogen) atoms. The predicted molar refractivity (Wildman–Crippen MR) is 103 cm³/mol. The summed E-state index contributed by atoms with van der Waals surface area (Å²) < 4.78 is 4.93. The number of urea groups is 1. The van der Waals surface area contributed by atoms with Crippen molar-refractivity contribution in [3.05, 3.63) is 65.2 Å². The molecule has 2 amide bonds. The Balaban J connectivity index is 1.90. The zero-order valence-electron chi connectivity index (χ0n) is 15.2. The van der Waals surface area contributed by atoms with Gasteiger partial charge in [-0.15, -0.1) is 0 Å². The molecule has 2 aromatic carbocycles. The summed E-state index contributed by atoms with van der Waals surface area (Å²) in [6, 6.07) is 14.0. The van der Waals surface area contributed by atoms with Gasteiger partial charge in [-0.05, 0) is 42.2 Å². The molecule has 0 aromatic heterocycles. The van der Waals surface area contributed by atoms with Crippen LogP contribution in [0.15, 0.2) is 53.6 Å². The Bertz CT molecular complexity index is 783. The third-order valence-electron chi connectivity index (χ3n) is 3.61. The van der Waals surface area contributed by atoms with Crippen molar-refractivity contribution >= 4 is 23.9 Å². The predicted octanol–water partition coefficient (Wildman–Crippen LogP) is 4.14. The van der Waals surface area contributed by atoms with Gasteiger partial charge in [0.15, 0.2) is 0 Å². The highest BCUT2D eigenvalue weighted by atomic mass is 16.5. The van der Waals surface area contributed by atoms with E-state index in [-0.39, 0.29) is 0 Å². The van der Waals surface area contributed by atoms with Crippen LogP contribution in [0.1, 0.15) is 48.2 Å². The SMILES string of the molecule is CCOC(=O)c1cccc(NC(=O)N/N=C/c2ccc(C(C)C)cc2)c1. The lowest BCUT2D eigenvalue weighted by molar-refractivity contribution is 0.0526. The molecule has 2 N–H and O–H groups in total. The summed E-state index contributed by atoms with van der Waals surface area (Å²) in [7, 11) is 0. The molecule has 136 valence electrons. The molecular weight excluding hydrogens is 330 g/mol. The molecule has 0 unspecified atom stereocenters. The molecule has 0 aliphatic rings. The molecule has 0 spiro atoms. The first-order valence-electron chi connectivity index (χ1n) is 8.46. The van der Waals surface area contributed by atoms with E-state index in [2.05, 4.69) is 29.7 Å². The number of ether oxygens (including phenoxy) is 1. The van der Waals surface area contributed by atoms with Gasteiger partial charge in [0.05, 0.1) is 18.4 Å². The lowest BCUT2D eigenvalue weighted by Crippen LogP contribution is -2.24. The van der Waals surface area contributed by atoms with Crippen LogP contribution in [-0.4, -0.2) is 24.8 Å². The number of hydrogen-bond donors (Lipinski definition) is 2. The first-order valence-corrected chi connectivity index (χ1v) is 8.46. The largest absolute Gasteiger partial charge is 0.462 e. The zero-order chi connectivity index (χ0) is 18.9. The molecule has 0 bridgehead atoms. The summed E-state index contributed by atoms with van der Waals surface area (Å²) in [5, 5.41) is 6.54. The topological polar surface area (TPSA) is 79.8 Å². The summed E-state index contributed by atoms with van der Waals surface area (Å²) in [4.78, 5) is 23.6. The third-order valence-corrected chi connectivity index (χ3v) is 3.61. The van der Waals surface area contributed by atoms with Gasteiger partial charge >= 0.3 is 12.0 Å². The molecule has 6 nitrogen and oxygen atoms in total. The quantitative estimate of drug-likeness (QED) is 0.465. The summed E-state index contributed by atoms with van der Waals surface area (Å²) >= 11 is 0. The van der Waals surface area contributed by atoms with E-state index < -0.39 is 12.0 Å². The number of hydrogen-bond acceptors (Lipinski definition) is 4. The van der Waals surface area contributed by atoms with E-state index in [1.165, 1.54) is 5.56 Å². The van der Waals surface area contributed by atoms with E-state index in [1.54, 1.807) is 37.4 Å². The monoisotopic (exact) mass is 353 g/mol. The molecule has 2 rings (SSSR count). The van der Waals surface area contributed by atoms with Gasteiger partial charge in [0, 0.05) is 5.69 Å². The maximum Gasteiger partial charge on any atom is 0.339 e. The van der Waals surface area contributed by atoms with Gasteiger partial charge in [-0.1, -0.05) is 44.2 Å². The van der Waals surface area contributed by atoms with Crippen molar-refractivity contribution in [2.45, 2.75) is 26.7 Å². The number of nitrogens with one attached hydrogen (secondary N) is 2. The number of benzene rings is 2. The van der Waals surface area contributed by atoms with Crippen molar-refractivity contribution in [2.75, 3.05) is 11.9 Å². The summed E-state index contributed by atoms with van der Waals surface area (Å²) in [6.45, 7) is 6.30. The number of esters is 1. The van der Waals surface area contributed by atoms with Gasteiger partial charge in [0.2, 0.25) is 0 Å². The number of hydrazone groups is 1. The lowest BCUT2D eigenvalue weighted by Gasteiger charge is -2.07. The van der Waals surface area contributed by atoms with Crippen molar-refractivity contribution in [3.8, 4) is 0 Å². The van der Waals surface area contributed by atoms with E-state index in [0.29, 0.717) is 23.8 Å². The van der Waals surface area contributed by atoms with Crippen LogP contribution < -0.4 is 10.7 Å². The van der Waals surface area contributed by atoms with Crippen molar-refractivity contribution < 1.29 is 14.3 Å². The average molecular weight is 353 g/mol. The van der Waals surface area contributed by atoms with Gasteiger partial charge in [0.1, 0.15) is 0 Å². The van der Waals surface area contributed by atoms with Crippen LogP contribution in [0.3, 0.4) is 0 Å². The number of rotatable bonds is 6. The fourth-order valence-corrected chi connectivity index (χ4v) is 2.23. The Morgan fingerprint density at radius 1 is 1.15 bits per heavy atom. The maximum atomic E-state index is 11.9. The number of anilines is 1. The molecule has 2 aromatic rings. The van der Waals surface area contributed by atoms with Crippen LogP contribution >= 0.6 is 0 Å². The number of carbonyl (C=O) groups is 2. The second-order valence-electron chi connectivity index (χ2n) is 5.95. The van der Waals surface area contributed by atoms with E-state index in [0.717, 1.165) is 5.56 Å². The Labute approximate surface area is 153 Å². The van der Waals surface area contributed by atoms with Crippen LogP contribution in [0.4, 0.5) is 10.5 Å². The van der Waals surface area contributed by atoms with Crippen molar-refractivity contribution in [3.63, 3.8) is 0 Å². The van der Waals surface area contributed by atoms with Crippen LogP contribution in [0.5, 0.6) is 0 Å². The number of amides is 2. The number of nitrogens with zero attached hydrogens (tertiary/aromatic N) is 1. The second-order valence-corrected chi connectivity index (χ2v) is 5.95. The fourth-order valence-electron chi connectivity index (χ4n) is 2.23. The fraction of sp³-hybridized carbons (Fsp3) is 0.250. The van der Waals surface area contributed by atoms with Gasteiger partial charge in [-0.3, -0.25) is 0 Å². The molecule has 0 fully saturated rings. The van der Waals surface area contributed by atoms with Gasteiger partial charge < -0.3 is 10.1 Å². The molecule has 6 heteroatoms. The first kappa shape index (κ1) is 19.2. The highest BCUT2D eigenvalue weighted by molar-refractivity contribution is 5.94. The minimum Gasteiger partial charge on any atom is -0.462 e. The minimum atomic E-state index is -0.499.